The second-order valence-electron chi connectivity index (χ2n) is 7.20. The largest absolute Gasteiger partial charge is 0.508 e. The van der Waals surface area contributed by atoms with Crippen LogP contribution in [-0.4, -0.2) is 29.0 Å². The Morgan fingerprint density at radius 3 is 2.39 bits per heavy atom. The van der Waals surface area contributed by atoms with Crippen LogP contribution in [0.15, 0.2) is 66.2 Å². The number of phenols is 1. The Balaban J connectivity index is 2.00. The summed E-state index contributed by atoms with van der Waals surface area (Å²) in [6.07, 6.45) is 0. The van der Waals surface area contributed by atoms with Crippen LogP contribution in [0.1, 0.15) is 17.2 Å². The molecule has 0 spiro atoms. The number of benzene rings is 3. The Morgan fingerprint density at radius 1 is 1.03 bits per heavy atom. The topological polar surface area (TPSA) is 87.1 Å². The highest BCUT2D eigenvalue weighted by molar-refractivity contribution is 6.52. The molecule has 1 amide bonds. The maximum Gasteiger partial charge on any atom is 0.300 e. The molecule has 1 saturated heterocycles. The molecular formula is C24H16ClF2NO5. The van der Waals surface area contributed by atoms with Crippen molar-refractivity contribution >= 4 is 34.7 Å². The van der Waals surface area contributed by atoms with Gasteiger partial charge in [0.25, 0.3) is 11.7 Å². The predicted octanol–water partition coefficient (Wildman–Crippen LogP) is 4.96. The monoisotopic (exact) mass is 471 g/mol. The van der Waals surface area contributed by atoms with Crippen molar-refractivity contribution in [2.75, 3.05) is 12.0 Å². The van der Waals surface area contributed by atoms with Gasteiger partial charge in [-0.25, -0.2) is 8.78 Å². The van der Waals surface area contributed by atoms with Crippen LogP contribution in [0, 0.1) is 11.6 Å². The predicted molar refractivity (Wildman–Crippen MR) is 117 cm³/mol. The number of anilines is 1. The summed E-state index contributed by atoms with van der Waals surface area (Å²) in [4.78, 5) is 26.8. The molecule has 1 fully saturated rings. The first-order valence-electron chi connectivity index (χ1n) is 9.61. The third-order valence-corrected chi connectivity index (χ3v) is 5.58. The molecule has 0 saturated carbocycles. The quantitative estimate of drug-likeness (QED) is 0.319. The number of carbonyl (C=O) groups excluding carboxylic acids is 2. The lowest BCUT2D eigenvalue weighted by Gasteiger charge is -2.26. The molecule has 168 valence electrons. The second kappa shape index (κ2) is 8.55. The third-order valence-electron chi connectivity index (χ3n) is 5.25. The van der Waals surface area contributed by atoms with E-state index in [0.29, 0.717) is 5.75 Å². The van der Waals surface area contributed by atoms with Crippen LogP contribution in [0.2, 0.25) is 5.02 Å². The van der Waals surface area contributed by atoms with E-state index in [1.165, 1.54) is 49.6 Å². The number of hydrogen-bond acceptors (Lipinski definition) is 5. The van der Waals surface area contributed by atoms with Gasteiger partial charge in [0, 0.05) is 11.6 Å². The molecule has 3 aromatic rings. The third kappa shape index (κ3) is 3.89. The number of aliphatic hydroxyl groups is 1. The van der Waals surface area contributed by atoms with E-state index in [1.54, 1.807) is 0 Å². The number of methoxy groups -OCH3 is 1. The summed E-state index contributed by atoms with van der Waals surface area (Å²) in [5.41, 5.74) is -0.593. The Morgan fingerprint density at radius 2 is 1.73 bits per heavy atom. The Bertz CT molecular complexity index is 1310. The Labute approximate surface area is 191 Å². The number of ketones is 1. The maximum atomic E-state index is 14.7. The minimum atomic E-state index is -1.33. The van der Waals surface area contributed by atoms with Crippen molar-refractivity contribution in [2.45, 2.75) is 6.04 Å². The lowest BCUT2D eigenvalue weighted by atomic mass is 9.95. The number of nitrogens with zero attached hydrogens (tertiary/aromatic N) is 1. The van der Waals surface area contributed by atoms with Gasteiger partial charge in [0.05, 0.1) is 29.4 Å². The molecule has 6 nitrogen and oxygen atoms in total. The van der Waals surface area contributed by atoms with E-state index in [0.717, 1.165) is 23.1 Å². The summed E-state index contributed by atoms with van der Waals surface area (Å²) in [5, 5.41) is 20.8. The normalized spacial score (nSPS) is 17.5. The zero-order chi connectivity index (χ0) is 23.9. The van der Waals surface area contributed by atoms with Crippen molar-refractivity contribution in [3.8, 4) is 11.5 Å². The highest BCUT2D eigenvalue weighted by Gasteiger charge is 2.48. The van der Waals surface area contributed by atoms with Crippen LogP contribution >= 0.6 is 11.6 Å². The van der Waals surface area contributed by atoms with Crippen molar-refractivity contribution in [2.24, 2.45) is 0 Å². The number of aliphatic hydroxyl groups excluding tert-OH is 1. The second-order valence-corrected chi connectivity index (χ2v) is 7.61. The first-order chi connectivity index (χ1) is 15.7. The molecule has 3 aromatic carbocycles. The van der Waals surface area contributed by atoms with Gasteiger partial charge in [0.2, 0.25) is 0 Å². The molecule has 1 unspecified atom stereocenters. The molecule has 0 radical (unpaired) electrons. The van der Waals surface area contributed by atoms with Gasteiger partial charge in [-0.15, -0.1) is 0 Å². The van der Waals surface area contributed by atoms with Gasteiger partial charge in [0.1, 0.15) is 28.9 Å². The van der Waals surface area contributed by atoms with E-state index in [1.807, 2.05) is 0 Å². The molecule has 9 heteroatoms. The van der Waals surface area contributed by atoms with E-state index in [-0.39, 0.29) is 27.5 Å². The number of carbonyl (C=O) groups is 2. The standard InChI is InChI=1S/C24H16ClF2NO5/c1-33-15-7-8-17(25)16(11-15)22(30)20-21(12-2-5-14(29)6-3-12)28(24(32)23(20)31)19-10-13(26)4-9-18(19)27/h2-11,21,29-30H,1H3/b22-20+. The Hall–Kier alpha value is -3.91. The minimum absolute atomic E-state index is 0.0116. The zero-order valence-electron chi connectivity index (χ0n) is 17.1. The van der Waals surface area contributed by atoms with Gasteiger partial charge in [-0.05, 0) is 48.0 Å². The molecule has 0 aromatic heterocycles. The highest BCUT2D eigenvalue weighted by Crippen LogP contribution is 2.44. The van der Waals surface area contributed by atoms with E-state index < -0.39 is 40.8 Å². The van der Waals surface area contributed by atoms with Crippen molar-refractivity contribution in [1.82, 2.24) is 0 Å². The van der Waals surface area contributed by atoms with Crippen molar-refractivity contribution in [3.63, 3.8) is 0 Å². The SMILES string of the molecule is COc1ccc(Cl)c(/C(O)=C2\C(=O)C(=O)N(c3cc(F)ccc3F)C2c2ccc(O)cc2)c1. The number of Topliss-reactive ketones (excluding diaryl/α,β-unsaturated/α-hetero) is 1. The first-order valence-corrected chi connectivity index (χ1v) is 9.99. The van der Waals surface area contributed by atoms with Crippen LogP contribution in [0.5, 0.6) is 11.5 Å². The van der Waals surface area contributed by atoms with Crippen LogP contribution in [0.3, 0.4) is 0 Å². The van der Waals surface area contributed by atoms with E-state index in [2.05, 4.69) is 0 Å². The minimum Gasteiger partial charge on any atom is -0.508 e. The summed E-state index contributed by atoms with van der Waals surface area (Å²) >= 11 is 6.22. The highest BCUT2D eigenvalue weighted by atomic mass is 35.5. The first kappa shape index (κ1) is 22.3. The molecule has 2 N–H and O–H groups in total. The summed E-state index contributed by atoms with van der Waals surface area (Å²) < 4.78 is 33.8. The van der Waals surface area contributed by atoms with Gasteiger partial charge in [-0.2, -0.15) is 0 Å². The van der Waals surface area contributed by atoms with Crippen LogP contribution in [0.25, 0.3) is 5.76 Å². The van der Waals surface area contributed by atoms with Gasteiger partial charge in [-0.1, -0.05) is 23.7 Å². The lowest BCUT2D eigenvalue weighted by Crippen LogP contribution is -2.30. The fourth-order valence-corrected chi connectivity index (χ4v) is 3.89. The average molecular weight is 472 g/mol. The molecule has 4 rings (SSSR count). The molecule has 1 heterocycles. The number of halogens is 3. The van der Waals surface area contributed by atoms with Crippen LogP contribution in [-0.2, 0) is 9.59 Å². The summed E-state index contributed by atoms with van der Waals surface area (Å²) in [6, 6.07) is 10.9. The average Bonchev–Trinajstić information content (AvgIpc) is 3.06. The molecule has 1 atom stereocenters. The van der Waals surface area contributed by atoms with E-state index in [9.17, 15) is 28.6 Å². The van der Waals surface area contributed by atoms with Gasteiger partial charge in [0.15, 0.2) is 0 Å². The molecule has 33 heavy (non-hydrogen) atoms. The number of phenolic OH excluding ortho intramolecular Hbond substituents is 1. The van der Waals surface area contributed by atoms with Crippen LogP contribution < -0.4 is 9.64 Å². The fraction of sp³-hybridized carbons (Fsp3) is 0.0833. The van der Waals surface area contributed by atoms with Gasteiger partial charge in [-0.3, -0.25) is 14.5 Å². The number of ether oxygens (including phenoxy) is 1. The number of aromatic hydroxyl groups is 1. The molecule has 1 aliphatic heterocycles. The summed E-state index contributed by atoms with van der Waals surface area (Å²) in [6.45, 7) is 0. The number of rotatable bonds is 4. The van der Waals surface area contributed by atoms with Crippen molar-refractivity contribution in [1.29, 1.82) is 0 Å². The summed E-state index contributed by atoms with van der Waals surface area (Å²) in [7, 11) is 1.40. The van der Waals surface area contributed by atoms with Gasteiger partial charge < -0.3 is 14.9 Å². The smallest absolute Gasteiger partial charge is 0.300 e. The lowest BCUT2D eigenvalue weighted by molar-refractivity contribution is -0.132. The molecular weight excluding hydrogens is 456 g/mol. The molecule has 1 aliphatic rings. The number of hydrogen-bond donors (Lipinski definition) is 2. The Kier molecular flexibility index (Phi) is 5.78. The van der Waals surface area contributed by atoms with E-state index >= 15 is 0 Å². The van der Waals surface area contributed by atoms with Crippen LogP contribution in [0.4, 0.5) is 14.5 Å². The zero-order valence-corrected chi connectivity index (χ0v) is 17.8. The molecule has 0 bridgehead atoms. The van der Waals surface area contributed by atoms with Crippen molar-refractivity contribution < 1.29 is 33.3 Å². The fourth-order valence-electron chi connectivity index (χ4n) is 3.68. The number of amides is 1. The van der Waals surface area contributed by atoms with Gasteiger partial charge >= 0.3 is 0 Å². The molecule has 0 aliphatic carbocycles. The summed E-state index contributed by atoms with van der Waals surface area (Å²) in [5.74, 6) is -4.44. The van der Waals surface area contributed by atoms with Crippen molar-refractivity contribution in [3.05, 3.63) is 94.0 Å². The van der Waals surface area contributed by atoms with E-state index in [4.69, 9.17) is 16.3 Å². The maximum absolute atomic E-state index is 14.7.